The topological polar surface area (TPSA) is 38.5 Å². The number of nitrogens with two attached hydrogens (primary N) is 1. The molecule has 3 nitrogen and oxygen atoms in total. The quantitative estimate of drug-likeness (QED) is 0.665. The first-order valence-corrected chi connectivity index (χ1v) is 4.76. The number of nitrogens with zero attached hydrogens (tertiary/aromatic N) is 1. The number of hydrogen-bond donors (Lipinski definition) is 1. The molecule has 1 fully saturated rings. The molecule has 0 spiro atoms. The Hall–Kier alpha value is -0.120. The summed E-state index contributed by atoms with van der Waals surface area (Å²) in [5, 5.41) is 0. The van der Waals surface area contributed by atoms with Crippen LogP contribution in [0.1, 0.15) is 13.8 Å². The summed E-state index contributed by atoms with van der Waals surface area (Å²) in [4.78, 5) is 2.38. The summed E-state index contributed by atoms with van der Waals surface area (Å²) in [5.41, 5.74) is 5.96. The van der Waals surface area contributed by atoms with Gasteiger partial charge in [-0.25, -0.2) is 0 Å². The Morgan fingerprint density at radius 1 is 1.33 bits per heavy atom. The van der Waals surface area contributed by atoms with Gasteiger partial charge in [0, 0.05) is 25.7 Å². The van der Waals surface area contributed by atoms with Crippen molar-refractivity contribution in [2.24, 2.45) is 11.7 Å². The molecule has 0 aliphatic carbocycles. The maximum Gasteiger partial charge on any atom is 0.0594 e. The fraction of sp³-hybridized carbons (Fsp3) is 1.00. The van der Waals surface area contributed by atoms with Crippen LogP contribution in [0.3, 0.4) is 0 Å². The standard InChI is InChI=1S/C9H20N2O/c1-8(2)9(10)7-11-3-5-12-6-4-11/h8-9H,3-7,10H2,1-2H3/t9-/m0/s1. The van der Waals surface area contributed by atoms with Gasteiger partial charge in [-0.05, 0) is 5.92 Å². The van der Waals surface area contributed by atoms with Gasteiger partial charge in [-0.2, -0.15) is 0 Å². The summed E-state index contributed by atoms with van der Waals surface area (Å²) < 4.78 is 5.26. The van der Waals surface area contributed by atoms with Crippen molar-refractivity contribution in [3.8, 4) is 0 Å². The summed E-state index contributed by atoms with van der Waals surface area (Å²) in [7, 11) is 0. The number of morpholine rings is 1. The molecule has 0 aromatic carbocycles. The van der Waals surface area contributed by atoms with E-state index in [9.17, 15) is 0 Å². The van der Waals surface area contributed by atoms with E-state index in [2.05, 4.69) is 18.7 Å². The van der Waals surface area contributed by atoms with Gasteiger partial charge in [0.05, 0.1) is 13.2 Å². The van der Waals surface area contributed by atoms with Crippen LogP contribution in [0.5, 0.6) is 0 Å². The second-order valence-corrected chi connectivity index (χ2v) is 3.82. The predicted octanol–water partition coefficient (Wildman–Crippen LogP) is 0.302. The van der Waals surface area contributed by atoms with Crippen LogP contribution < -0.4 is 5.73 Å². The van der Waals surface area contributed by atoms with Gasteiger partial charge in [0.25, 0.3) is 0 Å². The van der Waals surface area contributed by atoms with Gasteiger partial charge in [0.2, 0.25) is 0 Å². The zero-order chi connectivity index (χ0) is 8.97. The molecule has 1 heterocycles. The van der Waals surface area contributed by atoms with E-state index in [4.69, 9.17) is 10.5 Å². The van der Waals surface area contributed by atoms with Crippen LogP contribution in [0.2, 0.25) is 0 Å². The van der Waals surface area contributed by atoms with Crippen LogP contribution in [0.4, 0.5) is 0 Å². The molecular weight excluding hydrogens is 152 g/mol. The van der Waals surface area contributed by atoms with Crippen molar-refractivity contribution in [3.05, 3.63) is 0 Å². The summed E-state index contributed by atoms with van der Waals surface area (Å²) in [5.74, 6) is 0.577. The predicted molar refractivity (Wildman–Crippen MR) is 50.1 cm³/mol. The summed E-state index contributed by atoms with van der Waals surface area (Å²) >= 11 is 0. The zero-order valence-electron chi connectivity index (χ0n) is 8.12. The van der Waals surface area contributed by atoms with Gasteiger partial charge in [-0.3, -0.25) is 4.90 Å². The average molecular weight is 172 g/mol. The molecule has 12 heavy (non-hydrogen) atoms. The van der Waals surface area contributed by atoms with Crippen molar-refractivity contribution in [2.75, 3.05) is 32.8 Å². The monoisotopic (exact) mass is 172 g/mol. The molecule has 1 atom stereocenters. The van der Waals surface area contributed by atoms with E-state index < -0.39 is 0 Å². The molecule has 0 unspecified atom stereocenters. The first-order valence-electron chi connectivity index (χ1n) is 4.76. The van der Waals surface area contributed by atoms with E-state index in [0.29, 0.717) is 12.0 Å². The average Bonchev–Trinajstić information content (AvgIpc) is 2.06. The van der Waals surface area contributed by atoms with Gasteiger partial charge in [-0.15, -0.1) is 0 Å². The fourth-order valence-electron chi connectivity index (χ4n) is 1.29. The third-order valence-electron chi connectivity index (χ3n) is 2.43. The highest BCUT2D eigenvalue weighted by Gasteiger charge is 2.15. The van der Waals surface area contributed by atoms with Crippen LogP contribution in [-0.4, -0.2) is 43.8 Å². The Labute approximate surface area is 74.9 Å². The Morgan fingerprint density at radius 3 is 2.42 bits per heavy atom. The first-order chi connectivity index (χ1) is 5.70. The lowest BCUT2D eigenvalue weighted by Crippen LogP contribution is -2.45. The van der Waals surface area contributed by atoms with Crippen LogP contribution in [0.25, 0.3) is 0 Å². The third-order valence-corrected chi connectivity index (χ3v) is 2.43. The summed E-state index contributed by atoms with van der Waals surface area (Å²) in [6, 6.07) is 0.308. The molecule has 1 rings (SSSR count). The van der Waals surface area contributed by atoms with Crippen molar-refractivity contribution < 1.29 is 4.74 Å². The van der Waals surface area contributed by atoms with E-state index in [0.717, 1.165) is 32.8 Å². The maximum absolute atomic E-state index is 5.96. The number of rotatable bonds is 3. The Kier molecular flexibility index (Phi) is 3.98. The van der Waals surface area contributed by atoms with Gasteiger partial charge < -0.3 is 10.5 Å². The van der Waals surface area contributed by atoms with Gasteiger partial charge in [-0.1, -0.05) is 13.8 Å². The van der Waals surface area contributed by atoms with Crippen LogP contribution in [0, 0.1) is 5.92 Å². The minimum absolute atomic E-state index is 0.308. The van der Waals surface area contributed by atoms with Crippen molar-refractivity contribution in [2.45, 2.75) is 19.9 Å². The summed E-state index contributed by atoms with van der Waals surface area (Å²) in [6.07, 6.45) is 0. The SMILES string of the molecule is CC(C)[C@@H](N)CN1CCOCC1. The highest BCUT2D eigenvalue weighted by Crippen LogP contribution is 2.03. The molecule has 0 saturated carbocycles. The normalized spacial score (nSPS) is 23.0. The first kappa shape index (κ1) is 9.96. The Balaban J connectivity index is 2.20. The lowest BCUT2D eigenvalue weighted by molar-refractivity contribution is 0.0333. The second-order valence-electron chi connectivity index (χ2n) is 3.82. The Morgan fingerprint density at radius 2 is 1.92 bits per heavy atom. The van der Waals surface area contributed by atoms with Crippen LogP contribution in [-0.2, 0) is 4.74 Å². The van der Waals surface area contributed by atoms with Crippen LogP contribution in [0.15, 0.2) is 0 Å². The smallest absolute Gasteiger partial charge is 0.0594 e. The van der Waals surface area contributed by atoms with Gasteiger partial charge in [0.1, 0.15) is 0 Å². The van der Waals surface area contributed by atoms with E-state index in [-0.39, 0.29) is 0 Å². The maximum atomic E-state index is 5.96. The highest BCUT2D eigenvalue weighted by molar-refractivity contribution is 4.72. The van der Waals surface area contributed by atoms with Crippen molar-refractivity contribution in [1.29, 1.82) is 0 Å². The molecule has 0 aromatic rings. The van der Waals surface area contributed by atoms with Crippen molar-refractivity contribution in [1.82, 2.24) is 4.90 Å². The van der Waals surface area contributed by atoms with E-state index in [1.165, 1.54) is 0 Å². The molecule has 3 heteroatoms. The minimum atomic E-state index is 0.308. The molecule has 0 bridgehead atoms. The molecule has 0 amide bonds. The van der Waals surface area contributed by atoms with Gasteiger partial charge in [0.15, 0.2) is 0 Å². The summed E-state index contributed by atoms with van der Waals surface area (Å²) in [6.45, 7) is 9.17. The largest absolute Gasteiger partial charge is 0.379 e. The Bertz CT molecular complexity index is 122. The molecule has 2 N–H and O–H groups in total. The van der Waals surface area contributed by atoms with E-state index >= 15 is 0 Å². The van der Waals surface area contributed by atoms with E-state index in [1.807, 2.05) is 0 Å². The molecule has 0 radical (unpaired) electrons. The number of hydrogen-bond acceptors (Lipinski definition) is 3. The molecule has 1 aliphatic heterocycles. The molecular formula is C9H20N2O. The minimum Gasteiger partial charge on any atom is -0.379 e. The lowest BCUT2D eigenvalue weighted by Gasteiger charge is -2.30. The highest BCUT2D eigenvalue weighted by atomic mass is 16.5. The van der Waals surface area contributed by atoms with Crippen molar-refractivity contribution in [3.63, 3.8) is 0 Å². The fourth-order valence-corrected chi connectivity index (χ4v) is 1.29. The van der Waals surface area contributed by atoms with Gasteiger partial charge >= 0.3 is 0 Å². The molecule has 1 saturated heterocycles. The van der Waals surface area contributed by atoms with Crippen molar-refractivity contribution >= 4 is 0 Å². The third kappa shape index (κ3) is 3.09. The second kappa shape index (κ2) is 4.80. The zero-order valence-corrected chi connectivity index (χ0v) is 8.12. The molecule has 1 aliphatic rings. The van der Waals surface area contributed by atoms with Crippen LogP contribution >= 0.6 is 0 Å². The molecule has 0 aromatic heterocycles. The number of ether oxygens (including phenoxy) is 1. The lowest BCUT2D eigenvalue weighted by atomic mass is 10.1. The molecule has 72 valence electrons. The van der Waals surface area contributed by atoms with E-state index in [1.54, 1.807) is 0 Å².